The highest BCUT2D eigenvalue weighted by Gasteiger charge is 2.25. The second kappa shape index (κ2) is 3.83. The Labute approximate surface area is 78.6 Å². The van der Waals surface area contributed by atoms with Crippen LogP contribution in [0.2, 0.25) is 0 Å². The van der Waals surface area contributed by atoms with E-state index in [2.05, 4.69) is 5.32 Å². The van der Waals surface area contributed by atoms with E-state index in [-0.39, 0.29) is 0 Å². The predicted molar refractivity (Wildman–Crippen MR) is 48.2 cm³/mol. The van der Waals surface area contributed by atoms with Crippen LogP contribution < -0.4 is 5.32 Å². The molecule has 2 nitrogen and oxygen atoms in total. The van der Waals surface area contributed by atoms with Crippen molar-refractivity contribution in [3.63, 3.8) is 0 Å². The van der Waals surface area contributed by atoms with E-state index in [1.165, 1.54) is 11.3 Å². The van der Waals surface area contributed by atoms with Gasteiger partial charge in [0, 0.05) is 5.38 Å². The van der Waals surface area contributed by atoms with Gasteiger partial charge in [0.1, 0.15) is 0 Å². The largest absolute Gasteiger partial charge is 0.325 e. The summed E-state index contributed by atoms with van der Waals surface area (Å²) in [6.45, 7) is 0.722. The Morgan fingerprint density at radius 1 is 1.69 bits per heavy atom. The highest BCUT2D eigenvalue weighted by atomic mass is 32.1. The third-order valence-electron chi connectivity index (χ3n) is 1.28. The van der Waals surface area contributed by atoms with Gasteiger partial charge in [0.25, 0.3) is 5.92 Å². The molecule has 0 radical (unpaired) electrons. The second-order valence-corrected chi connectivity index (χ2v) is 3.59. The molecule has 0 unspecified atom stereocenters. The summed E-state index contributed by atoms with van der Waals surface area (Å²) in [6, 6.07) is 1.66. The Morgan fingerprint density at radius 3 is 2.85 bits per heavy atom. The van der Waals surface area contributed by atoms with Gasteiger partial charge in [-0.05, 0) is 18.4 Å². The zero-order valence-corrected chi connectivity index (χ0v) is 7.83. The van der Waals surface area contributed by atoms with Gasteiger partial charge in [-0.1, -0.05) is 0 Å². The molecule has 5 heteroatoms. The summed E-state index contributed by atoms with van der Waals surface area (Å²) in [7, 11) is 0. The minimum Gasteiger partial charge on any atom is -0.325 e. The molecule has 0 aliphatic rings. The monoisotopic (exact) mass is 205 g/mol. The second-order valence-electron chi connectivity index (χ2n) is 2.81. The molecule has 1 N–H and O–H groups in total. The van der Waals surface area contributed by atoms with Gasteiger partial charge in [0.15, 0.2) is 0 Å². The maximum atomic E-state index is 12.3. The van der Waals surface area contributed by atoms with Crippen molar-refractivity contribution in [1.82, 2.24) is 0 Å². The van der Waals surface area contributed by atoms with Crippen molar-refractivity contribution in [2.24, 2.45) is 0 Å². The summed E-state index contributed by atoms with van der Waals surface area (Å²) in [5.41, 5.74) is 0.569. The quantitative estimate of drug-likeness (QED) is 0.807. The molecule has 1 amide bonds. The third kappa shape index (κ3) is 3.98. The lowest BCUT2D eigenvalue weighted by Crippen LogP contribution is -2.21. The first-order valence-corrected chi connectivity index (χ1v) is 4.61. The molecule has 0 fully saturated rings. The Hall–Kier alpha value is -0.970. The number of thiophene rings is 1. The molecule has 0 atom stereocenters. The number of anilines is 1. The first-order valence-electron chi connectivity index (χ1n) is 3.67. The Kier molecular flexibility index (Phi) is 2.98. The van der Waals surface area contributed by atoms with E-state index in [0.717, 1.165) is 6.92 Å². The molecule has 0 saturated heterocycles. The molecular weight excluding hydrogens is 196 g/mol. The number of alkyl halides is 2. The highest BCUT2D eigenvalue weighted by molar-refractivity contribution is 7.08. The number of nitrogens with one attached hydrogen (secondary N) is 1. The van der Waals surface area contributed by atoms with Gasteiger partial charge >= 0.3 is 0 Å². The smallest absolute Gasteiger partial charge is 0.254 e. The fraction of sp³-hybridized carbons (Fsp3) is 0.375. The SMILES string of the molecule is CC(F)(F)CC(=O)Nc1ccsc1. The van der Waals surface area contributed by atoms with E-state index in [0.29, 0.717) is 5.69 Å². The fourth-order valence-electron chi connectivity index (χ4n) is 0.823. The molecule has 0 spiro atoms. The molecule has 0 aromatic carbocycles. The van der Waals surface area contributed by atoms with Crippen LogP contribution in [0.5, 0.6) is 0 Å². The van der Waals surface area contributed by atoms with E-state index in [1.807, 2.05) is 0 Å². The predicted octanol–water partition coefficient (Wildman–Crippen LogP) is 2.73. The first kappa shape index (κ1) is 10.1. The number of hydrogen-bond acceptors (Lipinski definition) is 2. The lowest BCUT2D eigenvalue weighted by Gasteiger charge is -2.08. The number of carbonyl (C=O) groups excluding carboxylic acids is 1. The van der Waals surface area contributed by atoms with Crippen molar-refractivity contribution in [1.29, 1.82) is 0 Å². The maximum absolute atomic E-state index is 12.3. The lowest BCUT2D eigenvalue weighted by atomic mass is 10.2. The van der Waals surface area contributed by atoms with Crippen LogP contribution in [0, 0.1) is 0 Å². The summed E-state index contributed by atoms with van der Waals surface area (Å²) >= 11 is 1.40. The van der Waals surface area contributed by atoms with Crippen LogP contribution >= 0.6 is 11.3 Å². The van der Waals surface area contributed by atoms with Crippen molar-refractivity contribution in [3.05, 3.63) is 16.8 Å². The molecule has 1 aromatic heterocycles. The molecule has 0 aliphatic carbocycles. The van der Waals surface area contributed by atoms with Crippen molar-refractivity contribution < 1.29 is 13.6 Å². The van der Waals surface area contributed by atoms with E-state index >= 15 is 0 Å². The number of hydrogen-bond donors (Lipinski definition) is 1. The molecule has 1 rings (SSSR count). The molecule has 1 heterocycles. The summed E-state index contributed by atoms with van der Waals surface area (Å²) in [5, 5.41) is 5.82. The molecule has 13 heavy (non-hydrogen) atoms. The standard InChI is InChI=1S/C8H9F2NOS/c1-8(9,10)4-7(12)11-6-2-3-13-5-6/h2-3,5H,4H2,1H3,(H,11,12). The van der Waals surface area contributed by atoms with E-state index in [4.69, 9.17) is 0 Å². The number of halogens is 2. The highest BCUT2D eigenvalue weighted by Crippen LogP contribution is 2.18. The minimum absolute atomic E-state index is 0.569. The van der Waals surface area contributed by atoms with Crippen LogP contribution in [0.4, 0.5) is 14.5 Å². The van der Waals surface area contributed by atoms with Gasteiger partial charge in [-0.3, -0.25) is 4.79 Å². The van der Waals surface area contributed by atoms with Gasteiger partial charge in [-0.15, -0.1) is 0 Å². The van der Waals surface area contributed by atoms with Crippen LogP contribution in [-0.4, -0.2) is 11.8 Å². The van der Waals surface area contributed by atoms with Crippen LogP contribution in [0.25, 0.3) is 0 Å². The van der Waals surface area contributed by atoms with E-state index in [9.17, 15) is 13.6 Å². The molecular formula is C8H9F2NOS. The van der Waals surface area contributed by atoms with Gasteiger partial charge in [0.05, 0.1) is 12.1 Å². The summed E-state index contributed by atoms with van der Waals surface area (Å²) in [6.07, 6.45) is -0.775. The maximum Gasteiger partial charge on any atom is 0.254 e. The minimum atomic E-state index is -2.94. The molecule has 1 aromatic rings. The number of amides is 1. The Morgan fingerprint density at radius 2 is 2.38 bits per heavy atom. The molecule has 0 saturated carbocycles. The van der Waals surface area contributed by atoms with Crippen molar-refractivity contribution >= 4 is 22.9 Å². The molecule has 0 aliphatic heterocycles. The zero-order chi connectivity index (χ0) is 9.90. The van der Waals surface area contributed by atoms with Crippen LogP contribution in [-0.2, 0) is 4.79 Å². The van der Waals surface area contributed by atoms with Gasteiger partial charge in [0.2, 0.25) is 5.91 Å². The van der Waals surface area contributed by atoms with Gasteiger partial charge < -0.3 is 5.32 Å². The number of carbonyl (C=O) groups is 1. The first-order chi connectivity index (χ1) is 5.97. The van der Waals surface area contributed by atoms with Crippen LogP contribution in [0.15, 0.2) is 16.8 Å². The average molecular weight is 205 g/mol. The summed E-state index contributed by atoms with van der Waals surface area (Å²) in [4.78, 5) is 10.9. The Balaban J connectivity index is 2.43. The summed E-state index contributed by atoms with van der Waals surface area (Å²) < 4.78 is 24.7. The fourth-order valence-corrected chi connectivity index (χ4v) is 1.41. The van der Waals surface area contributed by atoms with Crippen molar-refractivity contribution in [2.45, 2.75) is 19.3 Å². The molecule has 72 valence electrons. The van der Waals surface area contributed by atoms with Gasteiger partial charge in [-0.2, -0.15) is 11.3 Å². The average Bonchev–Trinajstić information content (AvgIpc) is 2.34. The Bertz CT molecular complexity index is 279. The third-order valence-corrected chi connectivity index (χ3v) is 1.96. The van der Waals surface area contributed by atoms with E-state index in [1.54, 1.807) is 16.8 Å². The van der Waals surface area contributed by atoms with Crippen molar-refractivity contribution in [3.8, 4) is 0 Å². The van der Waals surface area contributed by atoms with Crippen molar-refractivity contribution in [2.75, 3.05) is 5.32 Å². The molecule has 0 bridgehead atoms. The lowest BCUT2D eigenvalue weighted by molar-refractivity contribution is -0.122. The number of rotatable bonds is 3. The topological polar surface area (TPSA) is 29.1 Å². The zero-order valence-electron chi connectivity index (χ0n) is 7.01. The normalized spacial score (nSPS) is 11.3. The van der Waals surface area contributed by atoms with Crippen LogP contribution in [0.1, 0.15) is 13.3 Å². The van der Waals surface area contributed by atoms with Crippen LogP contribution in [0.3, 0.4) is 0 Å². The van der Waals surface area contributed by atoms with E-state index < -0.39 is 18.3 Å². The summed E-state index contributed by atoms with van der Waals surface area (Å²) in [5.74, 6) is -3.61. The van der Waals surface area contributed by atoms with Gasteiger partial charge in [-0.25, -0.2) is 8.78 Å².